The van der Waals surface area contributed by atoms with Crippen LogP contribution in [0.4, 0.5) is 0 Å². The topological polar surface area (TPSA) is 40.6 Å². The lowest BCUT2D eigenvalue weighted by atomic mass is 9.84. The standard InChI is InChI=1S/C24H28N2O2/c1-25(17-18-10-4-2-5-11-18)24(28)22-16-20-14-8-9-15-21(20)26(22)23(27)19-12-6-3-7-13-19/h2-7,10-13,20-22H,8-9,14-17H2,1H3. The minimum absolute atomic E-state index is 0.00135. The molecule has 146 valence electrons. The minimum Gasteiger partial charge on any atom is -0.340 e. The maximum atomic E-state index is 13.4. The van der Waals surface area contributed by atoms with Crippen LogP contribution in [0.15, 0.2) is 60.7 Å². The molecule has 3 atom stereocenters. The van der Waals surface area contributed by atoms with Gasteiger partial charge in [0.05, 0.1) is 0 Å². The van der Waals surface area contributed by atoms with Crippen LogP contribution in [0.1, 0.15) is 48.0 Å². The number of nitrogens with zero attached hydrogens (tertiary/aromatic N) is 2. The fourth-order valence-corrected chi connectivity index (χ4v) is 4.89. The molecule has 4 rings (SSSR count). The molecule has 1 saturated carbocycles. The molecule has 0 aromatic heterocycles. The van der Waals surface area contributed by atoms with Gasteiger partial charge >= 0.3 is 0 Å². The quantitative estimate of drug-likeness (QED) is 0.805. The molecule has 1 heterocycles. The van der Waals surface area contributed by atoms with Gasteiger partial charge in [-0.15, -0.1) is 0 Å². The summed E-state index contributed by atoms with van der Waals surface area (Å²) in [5, 5.41) is 0. The van der Waals surface area contributed by atoms with E-state index in [0.29, 0.717) is 18.0 Å². The Morgan fingerprint density at radius 1 is 0.964 bits per heavy atom. The van der Waals surface area contributed by atoms with Crippen LogP contribution in [-0.4, -0.2) is 40.7 Å². The summed E-state index contributed by atoms with van der Waals surface area (Å²) in [6, 6.07) is 19.3. The SMILES string of the molecule is CN(Cc1ccccc1)C(=O)C1CC2CCCCC2N1C(=O)c1ccccc1. The van der Waals surface area contributed by atoms with E-state index in [1.54, 1.807) is 4.90 Å². The predicted molar refractivity (Wildman–Crippen MR) is 110 cm³/mol. The molecule has 2 aliphatic rings. The maximum Gasteiger partial charge on any atom is 0.254 e. The average Bonchev–Trinajstić information content (AvgIpc) is 3.13. The molecule has 0 radical (unpaired) electrons. The third-order valence-electron chi connectivity index (χ3n) is 6.27. The number of likely N-dealkylation sites (N-methyl/N-ethyl adjacent to an activating group) is 1. The molecule has 1 aliphatic carbocycles. The zero-order chi connectivity index (χ0) is 19.5. The predicted octanol–water partition coefficient (Wildman–Crippen LogP) is 4.12. The summed E-state index contributed by atoms with van der Waals surface area (Å²) in [6.45, 7) is 0.568. The van der Waals surface area contributed by atoms with Gasteiger partial charge in [-0.3, -0.25) is 9.59 Å². The van der Waals surface area contributed by atoms with Crippen LogP contribution in [-0.2, 0) is 11.3 Å². The lowest BCUT2D eigenvalue weighted by Gasteiger charge is -2.34. The first-order valence-corrected chi connectivity index (χ1v) is 10.3. The van der Waals surface area contributed by atoms with Crippen molar-refractivity contribution in [3.8, 4) is 0 Å². The Kier molecular flexibility index (Phi) is 5.47. The van der Waals surface area contributed by atoms with E-state index < -0.39 is 0 Å². The number of hydrogen-bond donors (Lipinski definition) is 0. The zero-order valence-corrected chi connectivity index (χ0v) is 16.5. The number of carbonyl (C=O) groups excluding carboxylic acids is 2. The van der Waals surface area contributed by atoms with Gasteiger partial charge < -0.3 is 9.80 Å². The molecule has 4 nitrogen and oxygen atoms in total. The number of hydrogen-bond acceptors (Lipinski definition) is 2. The lowest BCUT2D eigenvalue weighted by molar-refractivity contribution is -0.134. The normalized spacial score (nSPS) is 23.9. The highest BCUT2D eigenvalue weighted by Gasteiger charge is 2.48. The molecule has 0 bridgehead atoms. The van der Waals surface area contributed by atoms with Crippen LogP contribution in [0.25, 0.3) is 0 Å². The monoisotopic (exact) mass is 376 g/mol. The molecule has 28 heavy (non-hydrogen) atoms. The third-order valence-corrected chi connectivity index (χ3v) is 6.27. The van der Waals surface area contributed by atoms with Crippen molar-refractivity contribution in [2.24, 2.45) is 5.92 Å². The number of benzene rings is 2. The van der Waals surface area contributed by atoms with Crippen LogP contribution in [0.3, 0.4) is 0 Å². The highest BCUT2D eigenvalue weighted by atomic mass is 16.2. The van der Waals surface area contributed by atoms with Gasteiger partial charge in [0.2, 0.25) is 5.91 Å². The number of likely N-dealkylation sites (tertiary alicyclic amines) is 1. The molecule has 1 saturated heterocycles. The van der Waals surface area contributed by atoms with E-state index in [1.165, 1.54) is 6.42 Å². The number of rotatable bonds is 4. The van der Waals surface area contributed by atoms with E-state index in [-0.39, 0.29) is 23.9 Å². The Balaban J connectivity index is 1.58. The van der Waals surface area contributed by atoms with Crippen LogP contribution in [0.2, 0.25) is 0 Å². The van der Waals surface area contributed by atoms with Crippen LogP contribution in [0.5, 0.6) is 0 Å². The molecule has 2 aromatic rings. The van der Waals surface area contributed by atoms with Crippen molar-refractivity contribution in [1.82, 2.24) is 9.80 Å². The highest BCUT2D eigenvalue weighted by Crippen LogP contribution is 2.41. The Bertz CT molecular complexity index is 821. The van der Waals surface area contributed by atoms with E-state index in [1.807, 2.05) is 72.6 Å². The summed E-state index contributed by atoms with van der Waals surface area (Å²) in [7, 11) is 1.85. The number of fused-ring (bicyclic) bond motifs is 1. The van der Waals surface area contributed by atoms with Crippen molar-refractivity contribution in [1.29, 1.82) is 0 Å². The van der Waals surface area contributed by atoms with Crippen molar-refractivity contribution < 1.29 is 9.59 Å². The van der Waals surface area contributed by atoms with Crippen molar-refractivity contribution in [3.63, 3.8) is 0 Å². The second-order valence-corrected chi connectivity index (χ2v) is 8.12. The fraction of sp³-hybridized carbons (Fsp3) is 0.417. The van der Waals surface area contributed by atoms with E-state index in [0.717, 1.165) is 31.2 Å². The van der Waals surface area contributed by atoms with Crippen molar-refractivity contribution >= 4 is 11.8 Å². The average molecular weight is 376 g/mol. The Hall–Kier alpha value is -2.62. The molecule has 2 amide bonds. The molecule has 0 N–H and O–H groups in total. The van der Waals surface area contributed by atoms with Gasteiger partial charge in [0.1, 0.15) is 6.04 Å². The summed E-state index contributed by atoms with van der Waals surface area (Å²) < 4.78 is 0. The molecular formula is C24H28N2O2. The molecule has 4 heteroatoms. The second kappa shape index (κ2) is 8.17. The van der Waals surface area contributed by atoms with Gasteiger partial charge in [-0.1, -0.05) is 61.4 Å². The van der Waals surface area contributed by atoms with E-state index >= 15 is 0 Å². The van der Waals surface area contributed by atoms with Crippen LogP contribution < -0.4 is 0 Å². The Morgan fingerprint density at radius 2 is 1.61 bits per heavy atom. The zero-order valence-electron chi connectivity index (χ0n) is 16.5. The van der Waals surface area contributed by atoms with Crippen molar-refractivity contribution in [3.05, 3.63) is 71.8 Å². The molecule has 3 unspecified atom stereocenters. The van der Waals surface area contributed by atoms with Gasteiger partial charge in [0, 0.05) is 25.2 Å². The van der Waals surface area contributed by atoms with Gasteiger partial charge in [0.15, 0.2) is 0 Å². The van der Waals surface area contributed by atoms with Gasteiger partial charge in [-0.05, 0) is 42.9 Å². The van der Waals surface area contributed by atoms with Crippen LogP contribution >= 0.6 is 0 Å². The highest BCUT2D eigenvalue weighted by molar-refractivity contribution is 5.98. The molecule has 0 spiro atoms. The molecule has 2 aromatic carbocycles. The first-order valence-electron chi connectivity index (χ1n) is 10.3. The van der Waals surface area contributed by atoms with Gasteiger partial charge in [-0.25, -0.2) is 0 Å². The minimum atomic E-state index is -0.352. The summed E-state index contributed by atoms with van der Waals surface area (Å²) in [4.78, 5) is 30.4. The van der Waals surface area contributed by atoms with Crippen molar-refractivity contribution in [2.75, 3.05) is 7.05 Å². The maximum absolute atomic E-state index is 13.4. The number of amides is 2. The smallest absolute Gasteiger partial charge is 0.254 e. The summed E-state index contributed by atoms with van der Waals surface area (Å²) >= 11 is 0. The lowest BCUT2D eigenvalue weighted by Crippen LogP contribution is -2.49. The Morgan fingerprint density at radius 3 is 2.32 bits per heavy atom. The van der Waals surface area contributed by atoms with E-state index in [2.05, 4.69) is 0 Å². The summed E-state index contributed by atoms with van der Waals surface area (Å²) in [6.07, 6.45) is 5.27. The summed E-state index contributed by atoms with van der Waals surface area (Å²) in [5.41, 5.74) is 1.78. The molecule has 1 aliphatic heterocycles. The fourth-order valence-electron chi connectivity index (χ4n) is 4.89. The molecule has 2 fully saturated rings. The third kappa shape index (κ3) is 3.68. The van der Waals surface area contributed by atoms with E-state index in [4.69, 9.17) is 0 Å². The largest absolute Gasteiger partial charge is 0.340 e. The van der Waals surface area contributed by atoms with E-state index in [9.17, 15) is 9.59 Å². The van der Waals surface area contributed by atoms with Gasteiger partial charge in [-0.2, -0.15) is 0 Å². The first kappa shape index (κ1) is 18.7. The van der Waals surface area contributed by atoms with Gasteiger partial charge in [0.25, 0.3) is 5.91 Å². The number of carbonyl (C=O) groups is 2. The van der Waals surface area contributed by atoms with Crippen molar-refractivity contribution in [2.45, 2.75) is 50.7 Å². The first-order chi connectivity index (χ1) is 13.6. The molecular weight excluding hydrogens is 348 g/mol. The summed E-state index contributed by atoms with van der Waals surface area (Å²) in [5.74, 6) is 0.504. The Labute approximate surface area is 167 Å². The van der Waals surface area contributed by atoms with Crippen LogP contribution in [0, 0.1) is 5.92 Å². The second-order valence-electron chi connectivity index (χ2n) is 8.12.